The maximum Gasteiger partial charge on any atom is 0.0152 e. The van der Waals surface area contributed by atoms with Crippen LogP contribution in [0.25, 0.3) is 0 Å². The van der Waals surface area contributed by atoms with Crippen molar-refractivity contribution >= 4 is 0 Å². The molecule has 10 heavy (non-hydrogen) atoms. The third kappa shape index (κ3) is 0.789. The molecule has 0 aromatic heterocycles. The van der Waals surface area contributed by atoms with Gasteiger partial charge in [-0.3, -0.25) is 0 Å². The number of rotatable bonds is 2. The zero-order valence-corrected chi connectivity index (χ0v) is 6.80. The van der Waals surface area contributed by atoms with Gasteiger partial charge in [0.15, 0.2) is 0 Å². The summed E-state index contributed by atoms with van der Waals surface area (Å²) in [5.74, 6) is 1.98. The van der Waals surface area contributed by atoms with E-state index in [4.69, 9.17) is 0 Å². The first-order chi connectivity index (χ1) is 4.86. The Morgan fingerprint density at radius 1 is 1.40 bits per heavy atom. The lowest BCUT2D eigenvalue weighted by atomic mass is 10.4. The lowest BCUT2D eigenvalue weighted by Gasteiger charge is -2.16. The zero-order chi connectivity index (χ0) is 7.14. The summed E-state index contributed by atoms with van der Waals surface area (Å²) >= 11 is 0. The molecule has 2 heteroatoms. The monoisotopic (exact) mass is 140 g/mol. The second-order valence-electron chi connectivity index (χ2n) is 3.49. The van der Waals surface area contributed by atoms with Crippen molar-refractivity contribution in [2.75, 3.05) is 26.7 Å². The van der Waals surface area contributed by atoms with E-state index in [9.17, 15) is 0 Å². The van der Waals surface area contributed by atoms with Gasteiger partial charge >= 0.3 is 0 Å². The molecule has 58 valence electrons. The predicted molar refractivity (Wildman–Crippen MR) is 41.9 cm³/mol. The van der Waals surface area contributed by atoms with Crippen LogP contribution in [0.3, 0.4) is 0 Å². The van der Waals surface area contributed by atoms with Crippen LogP contribution in [0, 0.1) is 11.8 Å². The maximum atomic E-state index is 3.36. The van der Waals surface area contributed by atoms with Crippen molar-refractivity contribution < 1.29 is 0 Å². The molecule has 0 bridgehead atoms. The lowest BCUT2D eigenvalue weighted by molar-refractivity contribution is 0.307. The Labute approximate surface area is 62.6 Å². The van der Waals surface area contributed by atoms with Crippen molar-refractivity contribution in [3.8, 4) is 0 Å². The summed E-state index contributed by atoms with van der Waals surface area (Å²) in [7, 11) is 2.08. The van der Waals surface area contributed by atoms with Gasteiger partial charge in [0.25, 0.3) is 0 Å². The normalized spacial score (nSPS) is 45.6. The van der Waals surface area contributed by atoms with Gasteiger partial charge in [-0.05, 0) is 25.4 Å². The molecular weight excluding hydrogens is 124 g/mol. The fraction of sp³-hybridized carbons (Fsp3) is 1.00. The Hall–Kier alpha value is -0.0800. The summed E-state index contributed by atoms with van der Waals surface area (Å²) in [6, 6.07) is 0.864. The van der Waals surface area contributed by atoms with E-state index in [2.05, 4.69) is 24.2 Å². The second-order valence-corrected chi connectivity index (χ2v) is 3.49. The molecule has 2 rings (SSSR count). The van der Waals surface area contributed by atoms with Crippen LogP contribution in [-0.2, 0) is 0 Å². The Morgan fingerprint density at radius 3 is 2.40 bits per heavy atom. The molecular formula is C8H16N2. The smallest absolute Gasteiger partial charge is 0.0152 e. The van der Waals surface area contributed by atoms with Crippen molar-refractivity contribution in [2.24, 2.45) is 11.8 Å². The van der Waals surface area contributed by atoms with Gasteiger partial charge in [-0.25, -0.2) is 0 Å². The van der Waals surface area contributed by atoms with Crippen molar-refractivity contribution in [3.63, 3.8) is 0 Å². The third-order valence-corrected chi connectivity index (χ3v) is 3.05. The number of nitrogens with one attached hydrogen (secondary N) is 1. The predicted octanol–water partition coefficient (Wildman–Crippen LogP) is 0.156. The van der Waals surface area contributed by atoms with Gasteiger partial charge in [-0.15, -0.1) is 0 Å². The van der Waals surface area contributed by atoms with E-state index in [1.54, 1.807) is 0 Å². The summed E-state index contributed by atoms with van der Waals surface area (Å²) in [5, 5.41) is 3.36. The molecule has 1 aliphatic carbocycles. The number of hydrogen-bond donors (Lipinski definition) is 1. The first-order valence-corrected chi connectivity index (χ1v) is 4.26. The lowest BCUT2D eigenvalue weighted by Crippen LogP contribution is -2.29. The Morgan fingerprint density at radius 2 is 2.00 bits per heavy atom. The molecule has 0 spiro atoms. The van der Waals surface area contributed by atoms with E-state index < -0.39 is 0 Å². The van der Waals surface area contributed by atoms with Crippen LogP contribution in [-0.4, -0.2) is 37.6 Å². The summed E-state index contributed by atoms with van der Waals surface area (Å²) in [5.41, 5.74) is 0. The highest BCUT2D eigenvalue weighted by atomic mass is 15.2. The van der Waals surface area contributed by atoms with Crippen LogP contribution in [0.4, 0.5) is 0 Å². The topological polar surface area (TPSA) is 15.3 Å². The zero-order valence-electron chi connectivity index (χ0n) is 6.80. The molecule has 1 saturated heterocycles. The highest BCUT2D eigenvalue weighted by molar-refractivity contribution is 5.09. The van der Waals surface area contributed by atoms with Crippen LogP contribution in [0.5, 0.6) is 0 Å². The van der Waals surface area contributed by atoms with E-state index in [1.807, 2.05) is 0 Å². The number of nitrogens with zero attached hydrogens (tertiary/aromatic N) is 1. The minimum absolute atomic E-state index is 0.864. The van der Waals surface area contributed by atoms with E-state index in [0.717, 1.165) is 17.9 Å². The van der Waals surface area contributed by atoms with Gasteiger partial charge in [0.05, 0.1) is 0 Å². The van der Waals surface area contributed by atoms with E-state index in [-0.39, 0.29) is 0 Å². The molecule has 2 unspecified atom stereocenters. The maximum absolute atomic E-state index is 3.36. The fourth-order valence-corrected chi connectivity index (χ4v) is 2.30. The summed E-state index contributed by atoms with van der Waals surface area (Å²) in [6.45, 7) is 6.17. The highest BCUT2D eigenvalue weighted by Crippen LogP contribution is 2.44. The SMILES string of the molecule is CCN1CC2C(NC)[C@H]2C1. The average molecular weight is 140 g/mol. The van der Waals surface area contributed by atoms with Gasteiger partial charge in [0.2, 0.25) is 0 Å². The molecule has 0 aromatic rings. The van der Waals surface area contributed by atoms with Crippen LogP contribution < -0.4 is 5.32 Å². The Kier molecular flexibility index (Phi) is 1.46. The highest BCUT2D eigenvalue weighted by Gasteiger charge is 2.54. The number of fused-ring (bicyclic) bond motifs is 1. The van der Waals surface area contributed by atoms with Crippen LogP contribution in [0.15, 0.2) is 0 Å². The largest absolute Gasteiger partial charge is 0.316 e. The van der Waals surface area contributed by atoms with Gasteiger partial charge < -0.3 is 10.2 Å². The van der Waals surface area contributed by atoms with Gasteiger partial charge in [0.1, 0.15) is 0 Å². The third-order valence-electron chi connectivity index (χ3n) is 3.05. The Balaban J connectivity index is 1.84. The van der Waals surface area contributed by atoms with Crippen molar-refractivity contribution in [3.05, 3.63) is 0 Å². The minimum Gasteiger partial charge on any atom is -0.316 e. The molecule has 0 radical (unpaired) electrons. The summed E-state index contributed by atoms with van der Waals surface area (Å²) in [4.78, 5) is 2.54. The van der Waals surface area contributed by atoms with Crippen LogP contribution >= 0.6 is 0 Å². The van der Waals surface area contributed by atoms with Gasteiger partial charge in [0, 0.05) is 19.1 Å². The summed E-state index contributed by atoms with van der Waals surface area (Å²) < 4.78 is 0. The quantitative estimate of drug-likeness (QED) is 0.587. The number of piperidine rings is 1. The molecule has 1 heterocycles. The van der Waals surface area contributed by atoms with E-state index >= 15 is 0 Å². The first-order valence-electron chi connectivity index (χ1n) is 4.26. The summed E-state index contributed by atoms with van der Waals surface area (Å²) in [6.07, 6.45) is 0. The molecule has 0 amide bonds. The van der Waals surface area contributed by atoms with Gasteiger partial charge in [-0.1, -0.05) is 6.92 Å². The van der Waals surface area contributed by atoms with Gasteiger partial charge in [-0.2, -0.15) is 0 Å². The number of likely N-dealkylation sites (tertiary alicyclic amines) is 1. The molecule has 1 aliphatic heterocycles. The minimum atomic E-state index is 0.864. The van der Waals surface area contributed by atoms with Crippen molar-refractivity contribution in [2.45, 2.75) is 13.0 Å². The van der Waals surface area contributed by atoms with E-state index in [0.29, 0.717) is 0 Å². The molecule has 2 aliphatic rings. The van der Waals surface area contributed by atoms with Crippen molar-refractivity contribution in [1.29, 1.82) is 0 Å². The molecule has 1 saturated carbocycles. The Bertz CT molecular complexity index is 121. The molecule has 2 fully saturated rings. The molecule has 2 nitrogen and oxygen atoms in total. The standard InChI is InChI=1S/C8H16N2/c1-3-10-4-6-7(5-10)8(6)9-2/h6-9H,3-5H2,1-2H3/t6-,7?,8?/m0/s1. The van der Waals surface area contributed by atoms with Crippen molar-refractivity contribution in [1.82, 2.24) is 10.2 Å². The molecule has 0 aromatic carbocycles. The molecule has 3 atom stereocenters. The van der Waals surface area contributed by atoms with Crippen LogP contribution in [0.2, 0.25) is 0 Å². The first kappa shape index (κ1) is 6.62. The average Bonchev–Trinajstić information content (AvgIpc) is 2.43. The number of hydrogen-bond acceptors (Lipinski definition) is 2. The van der Waals surface area contributed by atoms with Crippen LogP contribution in [0.1, 0.15) is 6.92 Å². The second kappa shape index (κ2) is 2.21. The molecule has 1 N–H and O–H groups in total. The fourth-order valence-electron chi connectivity index (χ4n) is 2.30. The van der Waals surface area contributed by atoms with E-state index in [1.165, 1.54) is 19.6 Å².